The van der Waals surface area contributed by atoms with Gasteiger partial charge in [-0.3, -0.25) is 9.59 Å². The number of nitrogens with one attached hydrogen (secondary N) is 2. The highest BCUT2D eigenvalue weighted by molar-refractivity contribution is 7.89. The molecule has 2 amide bonds. The first-order chi connectivity index (χ1) is 15.3. The van der Waals surface area contributed by atoms with E-state index < -0.39 is 10.0 Å². The van der Waals surface area contributed by atoms with E-state index in [4.69, 9.17) is 0 Å². The molecule has 0 spiro atoms. The van der Waals surface area contributed by atoms with Crippen molar-refractivity contribution >= 4 is 27.5 Å². The molecule has 1 saturated heterocycles. The van der Waals surface area contributed by atoms with Crippen LogP contribution in [0.4, 0.5) is 5.69 Å². The van der Waals surface area contributed by atoms with Crippen LogP contribution in [0.5, 0.6) is 0 Å². The number of amides is 2. The predicted octanol–water partition coefficient (Wildman–Crippen LogP) is 3.30. The number of piperidine rings is 1. The van der Waals surface area contributed by atoms with Crippen LogP contribution in [0.3, 0.4) is 0 Å². The molecular weight excluding hydrogens is 426 g/mol. The monoisotopic (exact) mass is 461 g/mol. The van der Waals surface area contributed by atoms with E-state index in [0.717, 1.165) is 57.2 Å². The first kappa shape index (κ1) is 23.2. The average molecular weight is 462 g/mol. The molecule has 2 fully saturated rings. The fourth-order valence-corrected chi connectivity index (χ4v) is 6.30. The highest BCUT2D eigenvalue weighted by Crippen LogP contribution is 2.31. The minimum atomic E-state index is -3.61. The summed E-state index contributed by atoms with van der Waals surface area (Å²) in [5.41, 5.74) is 1.57. The van der Waals surface area contributed by atoms with E-state index >= 15 is 0 Å². The molecule has 3 aliphatic rings. The number of hydrogen-bond acceptors (Lipinski definition) is 4. The second-order valence-corrected chi connectivity index (χ2v) is 11.6. The number of benzene rings is 1. The number of sulfonamides is 1. The van der Waals surface area contributed by atoms with Crippen LogP contribution in [0, 0.1) is 17.8 Å². The molecule has 2 aliphatic heterocycles. The van der Waals surface area contributed by atoms with Crippen molar-refractivity contribution in [2.24, 2.45) is 17.8 Å². The van der Waals surface area contributed by atoms with Crippen LogP contribution >= 0.6 is 0 Å². The number of fused-ring (bicyclic) bond motifs is 1. The minimum absolute atomic E-state index is 0.0265. The van der Waals surface area contributed by atoms with Gasteiger partial charge in [0.1, 0.15) is 0 Å². The largest absolute Gasteiger partial charge is 0.342 e. The zero-order chi connectivity index (χ0) is 22.7. The number of rotatable bonds is 5. The van der Waals surface area contributed by atoms with Crippen molar-refractivity contribution < 1.29 is 18.0 Å². The normalized spacial score (nSPS) is 25.0. The molecule has 1 aliphatic carbocycles. The molecule has 1 aromatic carbocycles. The van der Waals surface area contributed by atoms with Crippen LogP contribution in [-0.4, -0.2) is 44.8 Å². The minimum Gasteiger partial charge on any atom is -0.342 e. The molecule has 0 bridgehead atoms. The molecule has 0 aromatic heterocycles. The van der Waals surface area contributed by atoms with Gasteiger partial charge in [0.2, 0.25) is 21.8 Å². The molecule has 2 heterocycles. The van der Waals surface area contributed by atoms with Crippen LogP contribution in [0.25, 0.3) is 0 Å². The van der Waals surface area contributed by atoms with Gasteiger partial charge in [-0.15, -0.1) is 0 Å². The van der Waals surface area contributed by atoms with Gasteiger partial charge in [-0.05, 0) is 87.0 Å². The van der Waals surface area contributed by atoms with Gasteiger partial charge in [-0.2, -0.15) is 0 Å². The second-order valence-electron chi connectivity index (χ2n) is 9.80. The van der Waals surface area contributed by atoms with Crippen molar-refractivity contribution in [3.05, 3.63) is 23.8 Å². The Morgan fingerprint density at radius 3 is 2.53 bits per heavy atom. The molecule has 2 N–H and O–H groups in total. The number of nitrogens with zero attached hydrogens (tertiary/aromatic N) is 1. The second kappa shape index (κ2) is 9.91. The Bertz CT molecular complexity index is 946. The van der Waals surface area contributed by atoms with Crippen LogP contribution in [0.2, 0.25) is 0 Å². The number of likely N-dealkylation sites (tertiary alicyclic amines) is 1. The van der Waals surface area contributed by atoms with E-state index in [1.54, 1.807) is 18.2 Å². The van der Waals surface area contributed by atoms with Crippen molar-refractivity contribution in [3.8, 4) is 0 Å². The van der Waals surface area contributed by atoms with Gasteiger partial charge >= 0.3 is 0 Å². The highest BCUT2D eigenvalue weighted by Gasteiger charge is 2.31. The Kier molecular flexibility index (Phi) is 7.20. The SMILES string of the molecule is CC1CCN(C(=O)C2CCC(CNS(=O)(=O)c3ccc4c(c3)CCCC(=O)N4)CC2)CC1. The maximum Gasteiger partial charge on any atom is 0.240 e. The summed E-state index contributed by atoms with van der Waals surface area (Å²) in [5.74, 6) is 1.34. The lowest BCUT2D eigenvalue weighted by Crippen LogP contribution is -2.42. The lowest BCUT2D eigenvalue weighted by Gasteiger charge is -2.35. The molecule has 8 heteroatoms. The Morgan fingerprint density at radius 2 is 1.81 bits per heavy atom. The Balaban J connectivity index is 1.28. The third-order valence-corrected chi connectivity index (χ3v) is 8.79. The van der Waals surface area contributed by atoms with Gasteiger partial charge in [0, 0.05) is 37.7 Å². The van der Waals surface area contributed by atoms with E-state index in [1.807, 2.05) is 4.90 Å². The van der Waals surface area contributed by atoms with E-state index in [-0.39, 0.29) is 22.6 Å². The zero-order valence-corrected chi connectivity index (χ0v) is 19.8. The molecular formula is C24H35N3O4S. The highest BCUT2D eigenvalue weighted by atomic mass is 32.2. The van der Waals surface area contributed by atoms with E-state index in [2.05, 4.69) is 17.0 Å². The van der Waals surface area contributed by atoms with Crippen LogP contribution in [0.1, 0.15) is 63.9 Å². The maximum absolute atomic E-state index is 12.9. The molecule has 1 aromatic rings. The molecule has 176 valence electrons. The summed E-state index contributed by atoms with van der Waals surface area (Å²) >= 11 is 0. The van der Waals surface area contributed by atoms with Crippen LogP contribution in [-0.2, 0) is 26.0 Å². The zero-order valence-electron chi connectivity index (χ0n) is 18.9. The molecule has 0 unspecified atom stereocenters. The van der Waals surface area contributed by atoms with Crippen LogP contribution < -0.4 is 10.0 Å². The Labute approximate surface area is 191 Å². The topological polar surface area (TPSA) is 95.6 Å². The molecule has 0 radical (unpaired) electrons. The number of hydrogen-bond donors (Lipinski definition) is 2. The summed E-state index contributed by atoms with van der Waals surface area (Å²) in [4.78, 5) is 26.8. The van der Waals surface area contributed by atoms with Crippen molar-refractivity contribution in [2.75, 3.05) is 25.0 Å². The lowest BCUT2D eigenvalue weighted by molar-refractivity contribution is -0.138. The smallest absolute Gasteiger partial charge is 0.240 e. The van der Waals surface area contributed by atoms with E-state index in [1.165, 1.54) is 0 Å². The standard InChI is InChI=1S/C24H35N3O4S/c1-17-11-13-27(14-12-17)24(29)19-7-5-18(6-8-19)16-25-32(30,31)21-9-10-22-20(15-21)3-2-4-23(28)26-22/h9-10,15,17-19,25H,2-8,11-14,16H2,1H3,(H,26,28). The van der Waals surface area contributed by atoms with Gasteiger partial charge in [0.05, 0.1) is 4.90 Å². The fourth-order valence-electron chi connectivity index (χ4n) is 5.13. The molecule has 0 atom stereocenters. The van der Waals surface area contributed by atoms with Crippen molar-refractivity contribution in [1.29, 1.82) is 0 Å². The van der Waals surface area contributed by atoms with Crippen LogP contribution in [0.15, 0.2) is 23.1 Å². The van der Waals surface area contributed by atoms with Gasteiger partial charge < -0.3 is 10.2 Å². The fraction of sp³-hybridized carbons (Fsp3) is 0.667. The number of anilines is 1. The molecule has 4 rings (SSSR count). The van der Waals surface area contributed by atoms with Gasteiger partial charge in [-0.1, -0.05) is 6.92 Å². The van der Waals surface area contributed by atoms with Gasteiger partial charge in [-0.25, -0.2) is 13.1 Å². The van der Waals surface area contributed by atoms with Crippen molar-refractivity contribution in [1.82, 2.24) is 9.62 Å². The molecule has 1 saturated carbocycles. The third-order valence-electron chi connectivity index (χ3n) is 7.36. The predicted molar refractivity (Wildman–Crippen MR) is 124 cm³/mol. The molecule has 7 nitrogen and oxygen atoms in total. The summed E-state index contributed by atoms with van der Waals surface area (Å²) in [7, 11) is -3.61. The van der Waals surface area contributed by atoms with E-state index in [0.29, 0.717) is 43.3 Å². The lowest BCUT2D eigenvalue weighted by atomic mass is 9.81. The Morgan fingerprint density at radius 1 is 1.09 bits per heavy atom. The number of carbonyl (C=O) groups is 2. The quantitative estimate of drug-likeness (QED) is 0.703. The maximum atomic E-state index is 12.9. The summed E-state index contributed by atoms with van der Waals surface area (Å²) in [6.07, 6.45) is 7.48. The first-order valence-corrected chi connectivity index (χ1v) is 13.5. The summed E-state index contributed by atoms with van der Waals surface area (Å²) in [6.45, 7) is 4.41. The molecule has 32 heavy (non-hydrogen) atoms. The number of carbonyl (C=O) groups excluding carboxylic acids is 2. The summed E-state index contributed by atoms with van der Waals surface area (Å²) in [5, 5.41) is 2.84. The van der Waals surface area contributed by atoms with Crippen molar-refractivity contribution in [3.63, 3.8) is 0 Å². The van der Waals surface area contributed by atoms with Crippen molar-refractivity contribution in [2.45, 2.75) is 69.6 Å². The van der Waals surface area contributed by atoms with Gasteiger partial charge in [0.25, 0.3) is 0 Å². The number of aryl methyl sites for hydroxylation is 1. The Hall–Kier alpha value is -1.93. The summed E-state index contributed by atoms with van der Waals surface area (Å²) in [6, 6.07) is 4.92. The third kappa shape index (κ3) is 5.52. The van der Waals surface area contributed by atoms with E-state index in [9.17, 15) is 18.0 Å². The van der Waals surface area contributed by atoms with Gasteiger partial charge in [0.15, 0.2) is 0 Å². The summed E-state index contributed by atoms with van der Waals surface area (Å²) < 4.78 is 28.5. The first-order valence-electron chi connectivity index (χ1n) is 12.0. The average Bonchev–Trinajstić information content (AvgIpc) is 2.98.